The van der Waals surface area contributed by atoms with Gasteiger partial charge in [-0.15, -0.1) is 0 Å². The van der Waals surface area contributed by atoms with Crippen molar-refractivity contribution < 1.29 is 9.53 Å². The van der Waals surface area contributed by atoms with Gasteiger partial charge in [0.05, 0.1) is 24.3 Å². The van der Waals surface area contributed by atoms with Crippen LogP contribution in [0, 0.1) is 0 Å². The molecule has 1 atom stereocenters. The highest BCUT2D eigenvalue weighted by Gasteiger charge is 2.12. The first-order valence-electron chi connectivity index (χ1n) is 6.98. The van der Waals surface area contributed by atoms with Crippen LogP contribution in [0.15, 0.2) is 49.1 Å². The molecule has 2 N–H and O–H groups in total. The molecule has 0 radical (unpaired) electrons. The fraction of sp³-hybridized carbons (Fsp3) is 0.188. The van der Waals surface area contributed by atoms with Crippen molar-refractivity contribution >= 4 is 16.8 Å². The van der Waals surface area contributed by atoms with Gasteiger partial charge in [0.2, 0.25) is 0 Å². The maximum Gasteiger partial charge on any atom is 0.258 e. The summed E-state index contributed by atoms with van der Waals surface area (Å²) >= 11 is 0. The van der Waals surface area contributed by atoms with Crippen LogP contribution in [-0.2, 0) is 4.79 Å². The van der Waals surface area contributed by atoms with Crippen LogP contribution >= 0.6 is 0 Å². The van der Waals surface area contributed by atoms with Crippen molar-refractivity contribution in [2.75, 3.05) is 6.61 Å². The summed E-state index contributed by atoms with van der Waals surface area (Å²) in [6.45, 7) is 1.82. The van der Waals surface area contributed by atoms with Crippen molar-refractivity contribution in [3.05, 3.63) is 54.7 Å². The number of aromatic nitrogens is 3. The lowest BCUT2D eigenvalue weighted by Gasteiger charge is -2.13. The molecule has 0 aliphatic heterocycles. The number of benzene rings is 1. The molecule has 3 rings (SSSR count). The Morgan fingerprint density at radius 2 is 2.23 bits per heavy atom. The second-order valence-electron chi connectivity index (χ2n) is 4.92. The minimum absolute atomic E-state index is 0.0613. The Morgan fingerprint density at radius 1 is 1.36 bits per heavy atom. The number of rotatable bonds is 5. The maximum atomic E-state index is 12.0. The summed E-state index contributed by atoms with van der Waals surface area (Å²) < 4.78 is 5.60. The Balaban J connectivity index is 1.63. The number of hydrogen-bond donors (Lipinski definition) is 2. The summed E-state index contributed by atoms with van der Waals surface area (Å²) in [6, 6.07) is 9.31. The zero-order chi connectivity index (χ0) is 15.4. The monoisotopic (exact) mass is 296 g/mol. The lowest BCUT2D eigenvalue weighted by molar-refractivity contribution is -0.123. The largest absolute Gasteiger partial charge is 0.481 e. The Labute approximate surface area is 127 Å². The first-order chi connectivity index (χ1) is 10.7. The number of ether oxygens (including phenoxy) is 1. The Bertz CT molecular complexity index is 765. The first-order valence-corrected chi connectivity index (χ1v) is 6.98. The Hall–Kier alpha value is -2.89. The van der Waals surface area contributed by atoms with E-state index in [-0.39, 0.29) is 18.6 Å². The van der Waals surface area contributed by atoms with Crippen LogP contribution in [0.1, 0.15) is 18.7 Å². The molecular formula is C16H16N4O2. The molecule has 6 heteroatoms. The van der Waals surface area contributed by atoms with Crippen LogP contribution in [0.3, 0.4) is 0 Å². The zero-order valence-corrected chi connectivity index (χ0v) is 12.1. The van der Waals surface area contributed by atoms with Crippen LogP contribution in [-0.4, -0.2) is 27.5 Å². The molecule has 1 aromatic carbocycles. The van der Waals surface area contributed by atoms with E-state index in [9.17, 15) is 4.79 Å². The number of nitrogens with zero attached hydrogens (tertiary/aromatic N) is 2. The van der Waals surface area contributed by atoms with E-state index in [2.05, 4.69) is 20.3 Å². The lowest BCUT2D eigenvalue weighted by Crippen LogP contribution is -2.31. The van der Waals surface area contributed by atoms with E-state index < -0.39 is 0 Å². The Kier molecular flexibility index (Phi) is 4.00. The van der Waals surface area contributed by atoms with Crippen molar-refractivity contribution in [2.45, 2.75) is 13.0 Å². The summed E-state index contributed by atoms with van der Waals surface area (Å²) in [7, 11) is 0. The number of fused-ring (bicyclic) bond motifs is 1. The van der Waals surface area contributed by atoms with Crippen molar-refractivity contribution in [3.63, 3.8) is 0 Å². The molecule has 2 heterocycles. The number of para-hydroxylation sites is 1. The van der Waals surface area contributed by atoms with E-state index >= 15 is 0 Å². The van der Waals surface area contributed by atoms with Gasteiger partial charge in [0.1, 0.15) is 11.3 Å². The number of nitrogens with one attached hydrogen (secondary N) is 2. The van der Waals surface area contributed by atoms with Crippen LogP contribution in [0.2, 0.25) is 0 Å². The van der Waals surface area contributed by atoms with E-state index in [1.807, 2.05) is 31.2 Å². The van der Waals surface area contributed by atoms with Crippen LogP contribution in [0.25, 0.3) is 10.9 Å². The number of H-pyrrole nitrogens is 1. The van der Waals surface area contributed by atoms with Crippen molar-refractivity contribution in [1.82, 2.24) is 20.3 Å². The van der Waals surface area contributed by atoms with E-state index in [1.54, 1.807) is 24.8 Å². The van der Waals surface area contributed by atoms with Gasteiger partial charge in [0.15, 0.2) is 6.61 Å². The predicted octanol–water partition coefficient (Wildman–Crippen LogP) is 2.21. The minimum Gasteiger partial charge on any atom is -0.481 e. The molecule has 3 aromatic rings. The van der Waals surface area contributed by atoms with Crippen LogP contribution < -0.4 is 10.1 Å². The second kappa shape index (κ2) is 6.26. The number of pyridine rings is 1. The molecule has 22 heavy (non-hydrogen) atoms. The summed E-state index contributed by atoms with van der Waals surface area (Å²) in [5.74, 6) is 0.400. The number of amides is 1. The van der Waals surface area contributed by atoms with E-state index in [0.29, 0.717) is 5.75 Å². The summed E-state index contributed by atoms with van der Waals surface area (Å²) in [6.07, 6.45) is 4.96. The molecular weight excluding hydrogens is 280 g/mol. The van der Waals surface area contributed by atoms with Gasteiger partial charge in [0.25, 0.3) is 5.91 Å². The third-order valence-corrected chi connectivity index (χ3v) is 3.32. The molecule has 0 saturated heterocycles. The number of hydrogen-bond acceptors (Lipinski definition) is 4. The van der Waals surface area contributed by atoms with Crippen LogP contribution in [0.4, 0.5) is 0 Å². The minimum atomic E-state index is -0.199. The fourth-order valence-corrected chi connectivity index (χ4v) is 2.20. The predicted molar refractivity (Wildman–Crippen MR) is 82.4 cm³/mol. The molecule has 0 aliphatic rings. The zero-order valence-electron chi connectivity index (χ0n) is 12.1. The lowest BCUT2D eigenvalue weighted by atomic mass is 10.2. The standard InChI is InChI=1S/C16H16N4O2/c1-11(13-8-17-10-19-13)20-15(21)9-22-14-6-2-4-12-5-3-7-18-16(12)14/h2-8,10-11H,9H2,1H3,(H,17,19)(H,20,21). The van der Waals surface area contributed by atoms with Crippen molar-refractivity contribution in [3.8, 4) is 5.75 Å². The number of carbonyl (C=O) groups is 1. The smallest absolute Gasteiger partial charge is 0.258 e. The molecule has 0 fully saturated rings. The number of carbonyl (C=O) groups excluding carboxylic acids is 1. The molecule has 0 saturated carbocycles. The quantitative estimate of drug-likeness (QED) is 0.756. The second-order valence-corrected chi connectivity index (χ2v) is 4.92. The van der Waals surface area contributed by atoms with Gasteiger partial charge in [0, 0.05) is 11.6 Å². The molecule has 6 nitrogen and oxygen atoms in total. The summed E-state index contributed by atoms with van der Waals surface area (Å²) in [4.78, 5) is 23.2. The molecule has 2 aromatic heterocycles. The van der Waals surface area contributed by atoms with E-state index in [4.69, 9.17) is 4.74 Å². The van der Waals surface area contributed by atoms with Crippen molar-refractivity contribution in [2.24, 2.45) is 0 Å². The average Bonchev–Trinajstić information content (AvgIpc) is 3.07. The topological polar surface area (TPSA) is 79.9 Å². The van der Waals surface area contributed by atoms with E-state index in [0.717, 1.165) is 16.6 Å². The van der Waals surface area contributed by atoms with E-state index in [1.165, 1.54) is 0 Å². The highest BCUT2D eigenvalue weighted by atomic mass is 16.5. The third kappa shape index (κ3) is 3.06. The van der Waals surface area contributed by atoms with Gasteiger partial charge in [-0.05, 0) is 19.1 Å². The van der Waals surface area contributed by atoms with Gasteiger partial charge in [-0.2, -0.15) is 0 Å². The van der Waals surface area contributed by atoms with Gasteiger partial charge >= 0.3 is 0 Å². The average molecular weight is 296 g/mol. The summed E-state index contributed by atoms with van der Waals surface area (Å²) in [5, 5.41) is 3.82. The van der Waals surface area contributed by atoms with Crippen LogP contribution in [0.5, 0.6) is 5.75 Å². The molecule has 0 aliphatic carbocycles. The first kappa shape index (κ1) is 14.1. The molecule has 112 valence electrons. The third-order valence-electron chi connectivity index (χ3n) is 3.32. The summed E-state index contributed by atoms with van der Waals surface area (Å²) in [5.41, 5.74) is 1.60. The highest BCUT2D eigenvalue weighted by Crippen LogP contribution is 2.22. The number of imidazole rings is 1. The highest BCUT2D eigenvalue weighted by molar-refractivity contribution is 5.85. The normalized spacial score (nSPS) is 12.0. The van der Waals surface area contributed by atoms with Gasteiger partial charge in [-0.25, -0.2) is 4.98 Å². The Morgan fingerprint density at radius 3 is 3.05 bits per heavy atom. The van der Waals surface area contributed by atoms with Crippen molar-refractivity contribution in [1.29, 1.82) is 0 Å². The molecule has 1 amide bonds. The SMILES string of the molecule is CC(NC(=O)COc1cccc2cccnc12)c1cnc[nH]1. The number of aromatic amines is 1. The van der Waals surface area contributed by atoms with Gasteiger partial charge in [-0.3, -0.25) is 9.78 Å². The van der Waals surface area contributed by atoms with Gasteiger partial charge < -0.3 is 15.0 Å². The molecule has 1 unspecified atom stereocenters. The maximum absolute atomic E-state index is 12.0. The molecule has 0 spiro atoms. The fourth-order valence-electron chi connectivity index (χ4n) is 2.20. The van der Waals surface area contributed by atoms with Gasteiger partial charge in [-0.1, -0.05) is 18.2 Å². The molecule has 0 bridgehead atoms.